The van der Waals surface area contributed by atoms with Gasteiger partial charge in [-0.05, 0) is 0 Å². The Kier molecular flexibility index (Phi) is 3.66. The van der Waals surface area contributed by atoms with Crippen LogP contribution >= 0.6 is 0 Å². The van der Waals surface area contributed by atoms with E-state index in [0.29, 0.717) is 19.9 Å². The fourth-order valence-electron chi connectivity index (χ4n) is 0.232. The molecule has 3 heteroatoms. The monoisotopic (exact) mass is 100 g/mol. The van der Waals surface area contributed by atoms with Gasteiger partial charge in [0.05, 0.1) is 0 Å². The van der Waals surface area contributed by atoms with Crippen LogP contribution in [0.3, 0.4) is 0 Å². The van der Waals surface area contributed by atoms with Crippen LogP contribution in [0.15, 0.2) is 0 Å². The van der Waals surface area contributed by atoms with Gasteiger partial charge in [0.15, 0.2) is 0 Å². The summed E-state index contributed by atoms with van der Waals surface area (Å²) in [5.41, 5.74) is 0. The SMILES string of the molecule is CC(C)COB=O. The molecule has 0 saturated carbocycles. The molecule has 0 aromatic heterocycles. The van der Waals surface area contributed by atoms with Gasteiger partial charge in [-0.15, -0.1) is 0 Å². The summed E-state index contributed by atoms with van der Waals surface area (Å²) < 4.78 is 13.9. The minimum atomic E-state index is 0.449. The van der Waals surface area contributed by atoms with E-state index >= 15 is 0 Å². The van der Waals surface area contributed by atoms with Crippen molar-refractivity contribution >= 4 is 7.35 Å². The molecule has 0 aliphatic rings. The van der Waals surface area contributed by atoms with Crippen LogP contribution in [0.2, 0.25) is 0 Å². The summed E-state index contributed by atoms with van der Waals surface area (Å²) in [6.07, 6.45) is 0. The van der Waals surface area contributed by atoms with Gasteiger partial charge in [-0.2, -0.15) is 0 Å². The number of hydrogen-bond donors (Lipinski definition) is 0. The first-order valence-corrected chi connectivity index (χ1v) is 2.32. The number of rotatable bonds is 3. The van der Waals surface area contributed by atoms with Crippen LogP contribution < -0.4 is 0 Å². The van der Waals surface area contributed by atoms with Gasteiger partial charge in [0.25, 0.3) is 0 Å². The molecule has 0 heterocycles. The molecule has 0 saturated heterocycles. The quantitative estimate of drug-likeness (QED) is 0.486. The molecule has 0 N–H and O–H groups in total. The van der Waals surface area contributed by atoms with E-state index in [2.05, 4.69) is 4.65 Å². The van der Waals surface area contributed by atoms with Gasteiger partial charge in [-0.1, -0.05) is 0 Å². The fraction of sp³-hybridized carbons (Fsp3) is 1.00. The van der Waals surface area contributed by atoms with Crippen LogP contribution in [0.25, 0.3) is 0 Å². The van der Waals surface area contributed by atoms with Crippen molar-refractivity contribution in [3.8, 4) is 0 Å². The van der Waals surface area contributed by atoms with E-state index < -0.39 is 0 Å². The molecule has 0 radical (unpaired) electrons. The van der Waals surface area contributed by atoms with Gasteiger partial charge in [0.2, 0.25) is 0 Å². The molecule has 0 aromatic carbocycles. The first kappa shape index (κ1) is 6.66. The van der Waals surface area contributed by atoms with E-state index in [-0.39, 0.29) is 0 Å². The fourth-order valence-corrected chi connectivity index (χ4v) is 0.232. The van der Waals surface area contributed by atoms with E-state index in [1.807, 2.05) is 13.8 Å². The Labute approximate surface area is 44.1 Å². The molecule has 0 rings (SSSR count). The molecule has 40 valence electrons. The van der Waals surface area contributed by atoms with E-state index in [0.717, 1.165) is 0 Å². The van der Waals surface area contributed by atoms with Crippen molar-refractivity contribution in [1.82, 2.24) is 0 Å². The third kappa shape index (κ3) is 5.66. The first-order valence-electron chi connectivity index (χ1n) is 2.32. The molecule has 7 heavy (non-hydrogen) atoms. The Hall–Kier alpha value is -0.335. The number of hydrogen-bond acceptors (Lipinski definition) is 2. The maximum absolute atomic E-state index is 9.49. The van der Waals surface area contributed by atoms with Crippen molar-refractivity contribution < 1.29 is 9.36 Å². The Balaban J connectivity index is 2.81. The van der Waals surface area contributed by atoms with Crippen LogP contribution in [-0.4, -0.2) is 14.0 Å². The van der Waals surface area contributed by atoms with Crippen molar-refractivity contribution in [1.29, 1.82) is 0 Å². The molecular formula is C4H9BO2. The zero-order chi connectivity index (χ0) is 5.70. The molecule has 0 fully saturated rings. The van der Waals surface area contributed by atoms with Gasteiger partial charge < -0.3 is 0 Å². The standard InChI is InChI=1S/C4H9BO2/c1-4(2)3-7-5-6/h4H,3H2,1-2H3. The Morgan fingerprint density at radius 3 is 2.43 bits per heavy atom. The van der Waals surface area contributed by atoms with E-state index in [1.165, 1.54) is 0 Å². The molecule has 0 bridgehead atoms. The summed E-state index contributed by atoms with van der Waals surface area (Å²) in [7, 11) is 0.472. The molecular weight excluding hydrogens is 90.9 g/mol. The van der Waals surface area contributed by atoms with Crippen molar-refractivity contribution in [3.63, 3.8) is 0 Å². The van der Waals surface area contributed by atoms with Crippen LogP contribution in [0, 0.1) is 5.92 Å². The van der Waals surface area contributed by atoms with Crippen molar-refractivity contribution in [2.24, 2.45) is 5.92 Å². The Bertz CT molecular complexity index is 53.7. The summed E-state index contributed by atoms with van der Waals surface area (Å²) in [4.78, 5) is 0. The zero-order valence-electron chi connectivity index (χ0n) is 4.68. The van der Waals surface area contributed by atoms with Crippen LogP contribution in [0.5, 0.6) is 0 Å². The second-order valence-electron chi connectivity index (χ2n) is 1.82. The molecule has 2 nitrogen and oxygen atoms in total. The van der Waals surface area contributed by atoms with Gasteiger partial charge in [-0.25, -0.2) is 0 Å². The first-order chi connectivity index (χ1) is 3.27. The third-order valence-electron chi connectivity index (χ3n) is 0.498. The molecule has 0 aliphatic carbocycles. The minimum absolute atomic E-state index is 0.449. The van der Waals surface area contributed by atoms with Gasteiger partial charge in [0, 0.05) is 0 Å². The van der Waals surface area contributed by atoms with E-state index in [9.17, 15) is 4.70 Å². The second kappa shape index (κ2) is 3.84. The normalized spacial score (nSPS) is 8.43. The molecule has 0 aliphatic heterocycles. The predicted octanol–water partition coefficient (Wildman–Crippen LogP) is 0.624. The summed E-state index contributed by atoms with van der Waals surface area (Å²) in [6, 6.07) is 0. The van der Waals surface area contributed by atoms with Gasteiger partial charge >= 0.3 is 43.1 Å². The summed E-state index contributed by atoms with van der Waals surface area (Å²) >= 11 is 0. The Morgan fingerprint density at radius 2 is 2.29 bits per heavy atom. The average molecular weight is 99.9 g/mol. The topological polar surface area (TPSA) is 26.3 Å². The zero-order valence-corrected chi connectivity index (χ0v) is 4.68. The third-order valence-corrected chi connectivity index (χ3v) is 0.498. The molecule has 0 unspecified atom stereocenters. The second-order valence-corrected chi connectivity index (χ2v) is 1.82. The van der Waals surface area contributed by atoms with Gasteiger partial charge in [0.1, 0.15) is 0 Å². The maximum atomic E-state index is 9.49. The predicted molar refractivity (Wildman–Crippen MR) is 27.2 cm³/mol. The van der Waals surface area contributed by atoms with Crippen LogP contribution in [-0.2, 0) is 9.36 Å². The molecule has 0 atom stereocenters. The summed E-state index contributed by atoms with van der Waals surface area (Å²) in [6.45, 7) is 4.51. The average Bonchev–Trinajstić information content (AvgIpc) is 1.61. The van der Waals surface area contributed by atoms with E-state index in [4.69, 9.17) is 0 Å². The van der Waals surface area contributed by atoms with Crippen molar-refractivity contribution in [2.45, 2.75) is 13.8 Å². The van der Waals surface area contributed by atoms with Crippen LogP contribution in [0.1, 0.15) is 13.8 Å². The molecule has 0 spiro atoms. The van der Waals surface area contributed by atoms with E-state index in [1.54, 1.807) is 0 Å². The van der Waals surface area contributed by atoms with Crippen molar-refractivity contribution in [3.05, 3.63) is 0 Å². The Morgan fingerprint density at radius 1 is 1.71 bits per heavy atom. The molecule has 0 amide bonds. The summed E-state index contributed by atoms with van der Waals surface area (Å²) in [5, 5.41) is 0. The van der Waals surface area contributed by atoms with Crippen molar-refractivity contribution in [2.75, 3.05) is 6.61 Å². The van der Waals surface area contributed by atoms with Crippen LogP contribution in [0.4, 0.5) is 0 Å². The van der Waals surface area contributed by atoms with Gasteiger partial charge in [-0.3, -0.25) is 0 Å². The summed E-state index contributed by atoms with van der Waals surface area (Å²) in [5.74, 6) is 0.449. The molecule has 0 aromatic rings.